The van der Waals surface area contributed by atoms with Crippen LogP contribution in [0.15, 0.2) is 23.4 Å². The average Bonchev–Trinajstić information content (AvgIpc) is 2.07. The molecule has 0 spiro atoms. The minimum Gasteiger partial charge on any atom is -0.259 e. The van der Waals surface area contributed by atoms with Crippen molar-refractivity contribution in [1.82, 2.24) is 0 Å². The molecule has 0 N–H and O–H groups in total. The minimum absolute atomic E-state index is 0.0664. The summed E-state index contributed by atoms with van der Waals surface area (Å²) in [6.45, 7) is 3.13. The van der Waals surface area contributed by atoms with Crippen molar-refractivity contribution in [2.75, 3.05) is 0 Å². The van der Waals surface area contributed by atoms with Crippen LogP contribution < -0.4 is 0 Å². The minimum atomic E-state index is -2.40. The normalized spacial score (nSPS) is 21.3. The zero-order chi connectivity index (χ0) is 10.9. The topological polar surface area (TPSA) is 77.3 Å². The molecule has 0 radical (unpaired) electrons. The summed E-state index contributed by atoms with van der Waals surface area (Å²) in [7, 11) is -2.40. The fourth-order valence-corrected chi connectivity index (χ4v) is 1.99. The van der Waals surface area contributed by atoms with Crippen LogP contribution in [-0.2, 0) is 10.3 Å². The van der Waals surface area contributed by atoms with Crippen molar-refractivity contribution >= 4 is 15.2 Å². The van der Waals surface area contributed by atoms with Gasteiger partial charge in [-0.05, 0) is 25.5 Å². The summed E-state index contributed by atoms with van der Waals surface area (Å²) in [4.78, 5) is 10.1. The standard InChI is InChI=1S/C8H9NO4S/c1-5-3-7(9(10)11)6(2)8(4-5)14(12)13/h3-4,6H,1-2H3. The molecule has 0 heterocycles. The Hall–Kier alpha value is -1.43. The zero-order valence-electron chi connectivity index (χ0n) is 7.72. The van der Waals surface area contributed by atoms with Crippen LogP contribution in [0.2, 0.25) is 0 Å². The summed E-state index contributed by atoms with van der Waals surface area (Å²) < 4.78 is 21.5. The van der Waals surface area contributed by atoms with Crippen LogP contribution in [0, 0.1) is 16.0 Å². The first-order valence-corrected chi connectivity index (χ1v) is 5.01. The average molecular weight is 215 g/mol. The highest BCUT2D eigenvalue weighted by molar-refractivity contribution is 7.73. The van der Waals surface area contributed by atoms with E-state index in [-0.39, 0.29) is 10.6 Å². The van der Waals surface area contributed by atoms with E-state index in [1.807, 2.05) is 0 Å². The van der Waals surface area contributed by atoms with Gasteiger partial charge >= 0.3 is 0 Å². The molecule has 0 amide bonds. The lowest BCUT2D eigenvalue weighted by Crippen LogP contribution is -2.21. The zero-order valence-corrected chi connectivity index (χ0v) is 8.54. The molecule has 0 fully saturated rings. The van der Waals surface area contributed by atoms with Gasteiger partial charge in [-0.1, -0.05) is 0 Å². The fourth-order valence-electron chi connectivity index (χ4n) is 1.30. The van der Waals surface area contributed by atoms with Crippen molar-refractivity contribution in [3.63, 3.8) is 0 Å². The van der Waals surface area contributed by atoms with Crippen LogP contribution in [0.1, 0.15) is 13.8 Å². The molecule has 0 aromatic carbocycles. The Bertz CT molecular complexity index is 462. The molecule has 0 aromatic heterocycles. The highest BCUT2D eigenvalue weighted by atomic mass is 32.2. The first-order chi connectivity index (χ1) is 6.43. The van der Waals surface area contributed by atoms with E-state index < -0.39 is 21.1 Å². The molecule has 1 atom stereocenters. The predicted molar refractivity (Wildman–Crippen MR) is 51.9 cm³/mol. The molecule has 0 aliphatic heterocycles. The molecule has 1 rings (SSSR count). The van der Waals surface area contributed by atoms with Crippen molar-refractivity contribution in [3.05, 3.63) is 33.5 Å². The maximum absolute atomic E-state index is 10.7. The number of hydrogen-bond acceptors (Lipinski definition) is 4. The fraction of sp³-hybridized carbons (Fsp3) is 0.375. The van der Waals surface area contributed by atoms with Gasteiger partial charge in [0.25, 0.3) is 5.70 Å². The van der Waals surface area contributed by atoms with Crippen molar-refractivity contribution in [2.45, 2.75) is 13.8 Å². The molecule has 5 nitrogen and oxygen atoms in total. The Morgan fingerprint density at radius 2 is 2.00 bits per heavy atom. The molecule has 1 aliphatic rings. The van der Waals surface area contributed by atoms with E-state index >= 15 is 0 Å². The lowest BCUT2D eigenvalue weighted by molar-refractivity contribution is -0.430. The highest BCUT2D eigenvalue weighted by Gasteiger charge is 2.28. The molecule has 0 bridgehead atoms. The summed E-state index contributed by atoms with van der Waals surface area (Å²) in [5, 5.41) is 10.6. The molecule has 76 valence electrons. The van der Waals surface area contributed by atoms with Crippen LogP contribution in [-0.4, -0.2) is 18.2 Å². The van der Waals surface area contributed by atoms with Crippen LogP contribution in [0.25, 0.3) is 0 Å². The molecule has 0 saturated carbocycles. The molecule has 0 saturated heterocycles. The van der Waals surface area contributed by atoms with E-state index in [1.165, 1.54) is 19.1 Å². The molecular weight excluding hydrogens is 206 g/mol. The van der Waals surface area contributed by atoms with Crippen molar-refractivity contribution < 1.29 is 13.3 Å². The van der Waals surface area contributed by atoms with Crippen molar-refractivity contribution in [1.29, 1.82) is 0 Å². The second-order valence-corrected chi connectivity index (χ2v) is 4.01. The Labute approximate surface area is 82.4 Å². The maximum Gasteiger partial charge on any atom is 0.254 e. The Morgan fingerprint density at radius 3 is 2.43 bits per heavy atom. The summed E-state index contributed by atoms with van der Waals surface area (Å²) in [5.41, 5.74) is 0.498. The smallest absolute Gasteiger partial charge is 0.254 e. The number of rotatable bonds is 1. The van der Waals surface area contributed by atoms with Gasteiger partial charge in [-0.3, -0.25) is 10.1 Å². The SMILES string of the molecule is CC1=CC(=S(=O)=O)C(C)C([N+](=O)[O-])=C1. The first-order valence-electron chi connectivity index (χ1n) is 3.94. The van der Waals surface area contributed by atoms with Crippen molar-refractivity contribution in [3.8, 4) is 0 Å². The van der Waals surface area contributed by atoms with Crippen LogP contribution in [0.4, 0.5) is 0 Å². The molecule has 6 heteroatoms. The molecule has 1 unspecified atom stereocenters. The van der Waals surface area contributed by atoms with E-state index in [0.29, 0.717) is 5.57 Å². The second-order valence-electron chi connectivity index (χ2n) is 3.07. The van der Waals surface area contributed by atoms with E-state index in [9.17, 15) is 18.5 Å². The number of allylic oxidation sites excluding steroid dienone is 4. The van der Waals surface area contributed by atoms with Crippen LogP contribution in [0.5, 0.6) is 0 Å². The van der Waals surface area contributed by atoms with E-state index in [2.05, 4.69) is 0 Å². The molecule has 14 heavy (non-hydrogen) atoms. The number of nitro groups is 1. The lowest BCUT2D eigenvalue weighted by Gasteiger charge is -2.11. The third-order valence-electron chi connectivity index (χ3n) is 2.02. The lowest BCUT2D eigenvalue weighted by atomic mass is 9.95. The highest BCUT2D eigenvalue weighted by Crippen LogP contribution is 2.21. The van der Waals surface area contributed by atoms with E-state index in [1.54, 1.807) is 6.92 Å². The summed E-state index contributed by atoms with van der Waals surface area (Å²) in [6.07, 6.45) is 2.84. The molecular formula is C8H9NO4S. The quantitative estimate of drug-likeness (QED) is 0.368. The Kier molecular flexibility index (Phi) is 2.85. The molecule has 0 aromatic rings. The monoisotopic (exact) mass is 215 g/mol. The van der Waals surface area contributed by atoms with Gasteiger partial charge < -0.3 is 0 Å². The Morgan fingerprint density at radius 1 is 1.43 bits per heavy atom. The second kappa shape index (κ2) is 3.75. The van der Waals surface area contributed by atoms with Gasteiger partial charge in [0.1, 0.15) is 0 Å². The van der Waals surface area contributed by atoms with E-state index in [0.717, 1.165) is 0 Å². The number of hydrogen-bond donors (Lipinski definition) is 0. The molecule has 1 aliphatic carbocycles. The van der Waals surface area contributed by atoms with Gasteiger partial charge in [-0.2, -0.15) is 8.42 Å². The van der Waals surface area contributed by atoms with Crippen molar-refractivity contribution in [2.24, 2.45) is 5.92 Å². The largest absolute Gasteiger partial charge is 0.259 e. The van der Waals surface area contributed by atoms with Gasteiger partial charge in [-0.15, -0.1) is 0 Å². The van der Waals surface area contributed by atoms with E-state index in [4.69, 9.17) is 0 Å². The predicted octanol–water partition coefficient (Wildman–Crippen LogP) is 0.794. The summed E-state index contributed by atoms with van der Waals surface area (Å²) in [5.74, 6) is -0.674. The maximum atomic E-state index is 10.7. The third-order valence-corrected chi connectivity index (χ3v) is 2.88. The van der Waals surface area contributed by atoms with Crippen LogP contribution in [0.3, 0.4) is 0 Å². The van der Waals surface area contributed by atoms with Gasteiger partial charge in [-0.25, -0.2) is 0 Å². The summed E-state index contributed by atoms with van der Waals surface area (Å²) >= 11 is 0. The summed E-state index contributed by atoms with van der Waals surface area (Å²) in [6, 6.07) is 0. The van der Waals surface area contributed by atoms with Gasteiger partial charge in [0, 0.05) is 6.08 Å². The van der Waals surface area contributed by atoms with Gasteiger partial charge in [0.15, 0.2) is 0 Å². The van der Waals surface area contributed by atoms with Crippen LogP contribution >= 0.6 is 0 Å². The van der Waals surface area contributed by atoms with Gasteiger partial charge in [0.2, 0.25) is 10.3 Å². The van der Waals surface area contributed by atoms with Gasteiger partial charge in [0.05, 0.1) is 15.7 Å². The first kappa shape index (κ1) is 10.6. The number of nitrogens with zero attached hydrogens (tertiary/aromatic N) is 1. The Balaban J connectivity index is 3.35. The third kappa shape index (κ3) is 1.90.